The first-order valence-corrected chi connectivity index (χ1v) is 11.4. The number of ether oxygens (including phenoxy) is 2. The van der Waals surface area contributed by atoms with Gasteiger partial charge in [-0.05, 0) is 62.4 Å². The number of rotatable bonds is 8. The van der Waals surface area contributed by atoms with Gasteiger partial charge in [0, 0.05) is 22.4 Å². The molecule has 8 heteroatoms. The van der Waals surface area contributed by atoms with E-state index in [1.165, 1.54) is 0 Å². The Bertz CT molecular complexity index is 1110. The molecule has 0 fully saturated rings. The van der Waals surface area contributed by atoms with Crippen molar-refractivity contribution < 1.29 is 9.47 Å². The third-order valence-corrected chi connectivity index (χ3v) is 6.19. The molecule has 0 bridgehead atoms. The highest BCUT2D eigenvalue weighted by atomic mass is 32.2. The van der Waals surface area contributed by atoms with Crippen LogP contribution in [0.2, 0.25) is 0 Å². The van der Waals surface area contributed by atoms with Crippen molar-refractivity contribution in [1.29, 1.82) is 0 Å². The van der Waals surface area contributed by atoms with Gasteiger partial charge in [-0.2, -0.15) is 0 Å². The summed E-state index contributed by atoms with van der Waals surface area (Å²) >= 11 is 3.28. The molecule has 0 saturated heterocycles. The van der Waals surface area contributed by atoms with Crippen molar-refractivity contribution in [3.63, 3.8) is 0 Å². The Morgan fingerprint density at radius 3 is 2.37 bits per heavy atom. The van der Waals surface area contributed by atoms with Crippen molar-refractivity contribution in [3.8, 4) is 28.6 Å². The van der Waals surface area contributed by atoms with Crippen LogP contribution < -0.4 is 9.47 Å². The highest BCUT2D eigenvalue weighted by Crippen LogP contribution is 2.31. The first kappa shape index (κ1) is 20.4. The maximum absolute atomic E-state index is 5.59. The first-order chi connectivity index (χ1) is 14.7. The Morgan fingerprint density at radius 1 is 1.00 bits per heavy atom. The van der Waals surface area contributed by atoms with Gasteiger partial charge in [0.05, 0.1) is 24.4 Å². The smallest absolute Gasteiger partial charge is 0.196 e. The zero-order chi connectivity index (χ0) is 20.9. The summed E-state index contributed by atoms with van der Waals surface area (Å²) in [5.74, 6) is 3.16. The molecule has 0 amide bonds. The molecule has 0 radical (unpaired) electrons. The van der Waals surface area contributed by atoms with E-state index >= 15 is 0 Å². The van der Waals surface area contributed by atoms with E-state index in [-0.39, 0.29) is 0 Å². The Hall–Kier alpha value is -2.84. The molecule has 0 unspecified atom stereocenters. The molecular formula is C22H22N4O2S2. The van der Waals surface area contributed by atoms with Crippen molar-refractivity contribution in [2.24, 2.45) is 0 Å². The summed E-state index contributed by atoms with van der Waals surface area (Å²) in [6.45, 7) is 4.63. The molecule has 0 aliphatic rings. The van der Waals surface area contributed by atoms with Gasteiger partial charge in [-0.15, -0.1) is 21.5 Å². The number of aromatic nitrogens is 4. The fourth-order valence-electron chi connectivity index (χ4n) is 2.99. The van der Waals surface area contributed by atoms with E-state index in [2.05, 4.69) is 25.1 Å². The minimum Gasteiger partial charge on any atom is -0.497 e. The van der Waals surface area contributed by atoms with Gasteiger partial charge in [-0.1, -0.05) is 11.8 Å². The van der Waals surface area contributed by atoms with Crippen molar-refractivity contribution >= 4 is 23.1 Å². The van der Waals surface area contributed by atoms with Crippen LogP contribution in [0, 0.1) is 6.92 Å². The van der Waals surface area contributed by atoms with Gasteiger partial charge in [0.2, 0.25) is 0 Å². The monoisotopic (exact) mass is 438 g/mol. The lowest BCUT2D eigenvalue weighted by molar-refractivity contribution is 0.340. The summed E-state index contributed by atoms with van der Waals surface area (Å²) < 4.78 is 12.9. The van der Waals surface area contributed by atoms with Gasteiger partial charge >= 0.3 is 0 Å². The number of aryl methyl sites for hydroxylation is 1. The normalized spacial score (nSPS) is 10.9. The number of benzene rings is 2. The summed E-state index contributed by atoms with van der Waals surface area (Å²) in [6.07, 6.45) is 0. The highest BCUT2D eigenvalue weighted by molar-refractivity contribution is 7.98. The molecule has 6 nitrogen and oxygen atoms in total. The maximum atomic E-state index is 5.59. The summed E-state index contributed by atoms with van der Waals surface area (Å²) in [5, 5.41) is 12.9. The average Bonchev–Trinajstić information content (AvgIpc) is 3.39. The number of nitrogens with zero attached hydrogens (tertiary/aromatic N) is 4. The Balaban J connectivity index is 1.70. The predicted molar refractivity (Wildman–Crippen MR) is 121 cm³/mol. The number of hydrogen-bond donors (Lipinski definition) is 0. The molecule has 4 rings (SSSR count). The van der Waals surface area contributed by atoms with Gasteiger partial charge in [0.1, 0.15) is 11.5 Å². The summed E-state index contributed by atoms with van der Waals surface area (Å²) in [4.78, 5) is 4.55. The maximum Gasteiger partial charge on any atom is 0.196 e. The Kier molecular flexibility index (Phi) is 6.35. The van der Waals surface area contributed by atoms with Gasteiger partial charge < -0.3 is 9.47 Å². The first-order valence-electron chi connectivity index (χ1n) is 9.55. The fourth-order valence-corrected chi connectivity index (χ4v) is 4.56. The zero-order valence-corrected chi connectivity index (χ0v) is 18.7. The second kappa shape index (κ2) is 9.32. The molecule has 0 N–H and O–H groups in total. The summed E-state index contributed by atoms with van der Waals surface area (Å²) in [7, 11) is 1.66. The van der Waals surface area contributed by atoms with Crippen molar-refractivity contribution in [2.75, 3.05) is 13.7 Å². The SMILES string of the molecule is CCOc1ccc(-n2c(SCc3csc(C)n3)nnc2-c2ccc(OC)cc2)cc1. The molecule has 0 aliphatic carbocycles. The third kappa shape index (κ3) is 4.49. The van der Waals surface area contributed by atoms with Crippen molar-refractivity contribution in [2.45, 2.75) is 24.8 Å². The highest BCUT2D eigenvalue weighted by Gasteiger charge is 2.17. The van der Waals surface area contributed by atoms with E-state index in [1.807, 2.05) is 62.4 Å². The van der Waals surface area contributed by atoms with E-state index in [4.69, 9.17) is 9.47 Å². The molecule has 154 valence electrons. The van der Waals surface area contributed by atoms with E-state index in [1.54, 1.807) is 30.2 Å². The standard InChI is InChI=1S/C22H22N4O2S2/c1-4-28-20-11-7-18(8-12-20)26-21(16-5-9-19(27-3)10-6-16)24-25-22(26)30-14-17-13-29-15(2)23-17/h5-13H,4,14H2,1-3H3. The van der Waals surface area contributed by atoms with Crippen LogP contribution >= 0.6 is 23.1 Å². The lowest BCUT2D eigenvalue weighted by Crippen LogP contribution is -2.00. The minimum atomic E-state index is 0.636. The van der Waals surface area contributed by atoms with Gasteiger partial charge in [-0.25, -0.2) is 4.98 Å². The Labute approximate surface area is 183 Å². The van der Waals surface area contributed by atoms with Crippen molar-refractivity contribution in [3.05, 3.63) is 64.6 Å². The predicted octanol–water partition coefficient (Wildman–Crippen LogP) is 5.40. The second-order valence-corrected chi connectivity index (χ2v) is 8.45. The van der Waals surface area contributed by atoms with E-state index in [0.717, 1.165) is 50.2 Å². The van der Waals surface area contributed by atoms with Gasteiger partial charge in [0.25, 0.3) is 0 Å². The van der Waals surface area contributed by atoms with Crippen LogP contribution in [0.1, 0.15) is 17.6 Å². The molecule has 0 saturated carbocycles. The van der Waals surface area contributed by atoms with E-state index in [9.17, 15) is 0 Å². The van der Waals surface area contributed by atoms with Crippen LogP contribution in [0.25, 0.3) is 17.1 Å². The number of hydrogen-bond acceptors (Lipinski definition) is 7. The van der Waals surface area contributed by atoms with Gasteiger partial charge in [-0.3, -0.25) is 4.57 Å². The molecule has 0 spiro atoms. The van der Waals surface area contributed by atoms with Gasteiger partial charge in [0.15, 0.2) is 11.0 Å². The van der Waals surface area contributed by atoms with Crippen LogP contribution in [0.15, 0.2) is 59.1 Å². The largest absolute Gasteiger partial charge is 0.497 e. The third-order valence-electron chi connectivity index (χ3n) is 4.40. The molecule has 4 aromatic rings. The topological polar surface area (TPSA) is 62.1 Å². The zero-order valence-electron chi connectivity index (χ0n) is 17.0. The molecular weight excluding hydrogens is 416 g/mol. The van der Waals surface area contributed by atoms with E-state index < -0.39 is 0 Å². The number of methoxy groups -OCH3 is 1. The minimum absolute atomic E-state index is 0.636. The number of thiazole rings is 1. The van der Waals surface area contributed by atoms with Crippen LogP contribution in [-0.4, -0.2) is 33.5 Å². The van der Waals surface area contributed by atoms with E-state index in [0.29, 0.717) is 6.61 Å². The molecule has 30 heavy (non-hydrogen) atoms. The summed E-state index contributed by atoms with van der Waals surface area (Å²) in [6, 6.07) is 15.8. The molecule has 2 aromatic carbocycles. The molecule has 2 aromatic heterocycles. The molecule has 0 aliphatic heterocycles. The van der Waals surface area contributed by atoms with Crippen LogP contribution in [0.5, 0.6) is 11.5 Å². The lowest BCUT2D eigenvalue weighted by Gasteiger charge is -2.11. The van der Waals surface area contributed by atoms with Crippen LogP contribution in [0.3, 0.4) is 0 Å². The average molecular weight is 439 g/mol. The van der Waals surface area contributed by atoms with Crippen LogP contribution in [0.4, 0.5) is 0 Å². The molecule has 0 atom stereocenters. The molecule has 2 heterocycles. The summed E-state index contributed by atoms with van der Waals surface area (Å²) in [5.41, 5.74) is 2.99. The number of thioether (sulfide) groups is 1. The van der Waals surface area contributed by atoms with Crippen molar-refractivity contribution in [1.82, 2.24) is 19.7 Å². The Morgan fingerprint density at radius 2 is 1.73 bits per heavy atom. The van der Waals surface area contributed by atoms with Crippen LogP contribution in [-0.2, 0) is 5.75 Å². The quantitative estimate of drug-likeness (QED) is 0.343. The fraction of sp³-hybridized carbons (Fsp3) is 0.227. The lowest BCUT2D eigenvalue weighted by atomic mass is 10.2. The second-order valence-electron chi connectivity index (χ2n) is 6.44.